The molecule has 0 spiro atoms. The minimum Gasteiger partial charge on any atom is -0.0967 e. The normalized spacial score (nSPS) is 14.3. The maximum atomic E-state index is 4.35. The van der Waals surface area contributed by atoms with Crippen molar-refractivity contribution in [3.63, 3.8) is 0 Å². The summed E-state index contributed by atoms with van der Waals surface area (Å²) in [5.41, 5.74) is 9.61. The van der Waals surface area contributed by atoms with Crippen molar-refractivity contribution in [1.82, 2.24) is 0 Å². The van der Waals surface area contributed by atoms with Gasteiger partial charge < -0.3 is 0 Å². The van der Waals surface area contributed by atoms with E-state index in [2.05, 4.69) is 176 Å². The van der Waals surface area contributed by atoms with Crippen molar-refractivity contribution in [2.45, 2.75) is 4.90 Å². The van der Waals surface area contributed by atoms with Crippen LogP contribution in [0, 0.1) is 0 Å². The van der Waals surface area contributed by atoms with Crippen molar-refractivity contribution in [3.8, 4) is 33.4 Å². The van der Waals surface area contributed by atoms with Gasteiger partial charge in [0.1, 0.15) is 0 Å². The van der Waals surface area contributed by atoms with E-state index in [4.69, 9.17) is 0 Å². The average Bonchev–Trinajstić information content (AvgIpc) is 3.12. The number of thioether (sulfide) groups is 1. The lowest BCUT2D eigenvalue weighted by molar-refractivity contribution is 1.49. The molecule has 0 saturated carbocycles. The molecule has 0 aliphatic carbocycles. The zero-order chi connectivity index (χ0) is 31.3. The molecule has 0 saturated heterocycles. The Labute approximate surface area is 279 Å². The van der Waals surface area contributed by atoms with Gasteiger partial charge in [0, 0.05) is 10.3 Å². The van der Waals surface area contributed by atoms with Crippen molar-refractivity contribution in [3.05, 3.63) is 181 Å². The molecular weight excluding hydrogens is 585 g/mol. The van der Waals surface area contributed by atoms with Crippen LogP contribution in [0.2, 0.25) is 0 Å². The van der Waals surface area contributed by atoms with Gasteiger partial charge in [0.25, 0.3) is 0 Å². The quantitative estimate of drug-likeness (QED) is 0.178. The summed E-state index contributed by atoms with van der Waals surface area (Å²) in [6.45, 7) is 4.35. The molecule has 0 nitrogen and oxygen atoms in total. The van der Waals surface area contributed by atoms with Gasteiger partial charge in [-0.05, 0) is 112 Å². The highest BCUT2D eigenvalue weighted by Gasteiger charge is 2.14. The zero-order valence-corrected chi connectivity index (χ0v) is 26.6. The SMILES string of the molecule is C=C1/C=C\C=C/Sc2c1ccc1ccc3ccc(-c4ccc(-c5ccc6cc(-c7ccc8ccccc8c7)ccc6c5)cc4)cc3c21. The van der Waals surface area contributed by atoms with Crippen LogP contribution in [0.25, 0.3) is 82.0 Å². The van der Waals surface area contributed by atoms with Gasteiger partial charge in [-0.1, -0.05) is 158 Å². The lowest BCUT2D eigenvalue weighted by atomic mass is 9.93. The molecule has 0 N–H and O–H groups in total. The van der Waals surface area contributed by atoms with Crippen molar-refractivity contribution in [1.29, 1.82) is 0 Å². The second-order valence-electron chi connectivity index (χ2n) is 12.3. The Morgan fingerprint density at radius 3 is 1.60 bits per heavy atom. The van der Waals surface area contributed by atoms with Crippen molar-refractivity contribution < 1.29 is 0 Å². The largest absolute Gasteiger partial charge is 0.0967 e. The van der Waals surface area contributed by atoms with E-state index in [0.29, 0.717) is 0 Å². The Morgan fingerprint density at radius 2 is 0.894 bits per heavy atom. The number of hydrogen-bond acceptors (Lipinski definition) is 1. The predicted octanol–water partition coefficient (Wildman–Crippen LogP) is 13.5. The smallest absolute Gasteiger partial charge is 0.0279 e. The molecule has 8 aromatic carbocycles. The van der Waals surface area contributed by atoms with Crippen molar-refractivity contribution >= 4 is 60.4 Å². The van der Waals surface area contributed by atoms with Crippen LogP contribution in [0.1, 0.15) is 5.56 Å². The number of rotatable bonds is 3. The third kappa shape index (κ3) is 4.97. The summed E-state index contributed by atoms with van der Waals surface area (Å²) in [6, 6.07) is 53.6. The first kappa shape index (κ1) is 27.7. The first-order chi connectivity index (χ1) is 23.2. The molecule has 8 aromatic rings. The minimum absolute atomic E-state index is 1.04. The van der Waals surface area contributed by atoms with Crippen LogP contribution in [0.15, 0.2) is 181 Å². The lowest BCUT2D eigenvalue weighted by Gasteiger charge is -2.16. The van der Waals surface area contributed by atoms with Crippen LogP contribution in [-0.4, -0.2) is 0 Å². The molecule has 0 atom stereocenters. The number of fused-ring (bicyclic) bond motifs is 7. The fourth-order valence-corrected chi connectivity index (χ4v) is 7.89. The molecule has 0 fully saturated rings. The molecule has 1 aliphatic rings. The van der Waals surface area contributed by atoms with E-state index in [0.717, 1.165) is 5.57 Å². The van der Waals surface area contributed by atoms with Gasteiger partial charge >= 0.3 is 0 Å². The first-order valence-corrected chi connectivity index (χ1v) is 16.9. The highest BCUT2D eigenvalue weighted by atomic mass is 32.2. The van der Waals surface area contributed by atoms with Gasteiger partial charge in [0.15, 0.2) is 0 Å². The molecule has 47 heavy (non-hydrogen) atoms. The Morgan fingerprint density at radius 1 is 0.404 bits per heavy atom. The van der Waals surface area contributed by atoms with E-state index in [1.54, 1.807) is 11.8 Å². The Kier molecular flexibility index (Phi) is 6.66. The topological polar surface area (TPSA) is 0 Å². The summed E-state index contributed by atoms with van der Waals surface area (Å²) >= 11 is 1.78. The summed E-state index contributed by atoms with van der Waals surface area (Å²) in [4.78, 5) is 1.27. The maximum Gasteiger partial charge on any atom is 0.0279 e. The third-order valence-electron chi connectivity index (χ3n) is 9.45. The Bertz CT molecular complexity index is 2600. The summed E-state index contributed by atoms with van der Waals surface area (Å²) < 4.78 is 0. The second-order valence-corrected chi connectivity index (χ2v) is 13.2. The lowest BCUT2D eigenvalue weighted by Crippen LogP contribution is -1.90. The maximum absolute atomic E-state index is 4.35. The van der Waals surface area contributed by atoms with E-state index in [9.17, 15) is 0 Å². The number of allylic oxidation sites excluding steroid dienone is 4. The summed E-state index contributed by atoms with van der Waals surface area (Å²) in [7, 11) is 0. The molecule has 0 amide bonds. The van der Waals surface area contributed by atoms with Crippen LogP contribution in [-0.2, 0) is 0 Å². The van der Waals surface area contributed by atoms with Crippen LogP contribution in [0.4, 0.5) is 0 Å². The molecule has 0 bridgehead atoms. The molecule has 1 aliphatic heterocycles. The standard InChI is InChI=1S/C46H30S/c1-30-6-4-5-25-47-46-43(30)24-23-35-16-14-34-15-18-42(29-44(34)45(35)46)33-11-9-32(10-12-33)37-19-20-40-28-41(22-21-39(40)27-37)38-17-13-31-7-2-3-8-36(31)26-38/h2-29H,1H2/b6-4-,25-5-. The van der Waals surface area contributed by atoms with E-state index in [1.165, 1.54) is 86.9 Å². The number of benzene rings is 8. The Balaban J connectivity index is 1.05. The highest BCUT2D eigenvalue weighted by Crippen LogP contribution is 2.41. The monoisotopic (exact) mass is 614 g/mol. The van der Waals surface area contributed by atoms with Crippen LogP contribution >= 0.6 is 11.8 Å². The van der Waals surface area contributed by atoms with E-state index in [1.807, 2.05) is 0 Å². The van der Waals surface area contributed by atoms with Crippen LogP contribution in [0.3, 0.4) is 0 Å². The van der Waals surface area contributed by atoms with Gasteiger partial charge in [0.05, 0.1) is 0 Å². The van der Waals surface area contributed by atoms with Gasteiger partial charge in [0.2, 0.25) is 0 Å². The fourth-order valence-electron chi connectivity index (χ4n) is 6.91. The second kappa shape index (κ2) is 11.3. The summed E-state index contributed by atoms with van der Waals surface area (Å²) in [5.74, 6) is 0. The van der Waals surface area contributed by atoms with Crippen LogP contribution in [0.5, 0.6) is 0 Å². The van der Waals surface area contributed by atoms with E-state index in [-0.39, 0.29) is 0 Å². The van der Waals surface area contributed by atoms with Crippen molar-refractivity contribution in [2.24, 2.45) is 0 Å². The highest BCUT2D eigenvalue weighted by molar-refractivity contribution is 8.02. The Hall–Kier alpha value is -5.63. The molecular formula is C46H30S. The molecule has 0 radical (unpaired) electrons. The first-order valence-electron chi connectivity index (χ1n) is 16.0. The predicted molar refractivity (Wildman–Crippen MR) is 206 cm³/mol. The summed E-state index contributed by atoms with van der Waals surface area (Å²) in [6.07, 6.45) is 6.25. The van der Waals surface area contributed by atoms with Gasteiger partial charge in [-0.25, -0.2) is 0 Å². The van der Waals surface area contributed by atoms with Gasteiger partial charge in [-0.2, -0.15) is 0 Å². The molecule has 220 valence electrons. The van der Waals surface area contributed by atoms with E-state index < -0.39 is 0 Å². The molecule has 9 rings (SSSR count). The van der Waals surface area contributed by atoms with Crippen molar-refractivity contribution in [2.75, 3.05) is 0 Å². The molecule has 0 aromatic heterocycles. The van der Waals surface area contributed by atoms with E-state index >= 15 is 0 Å². The third-order valence-corrected chi connectivity index (χ3v) is 10.4. The fraction of sp³-hybridized carbons (Fsp3) is 0. The number of hydrogen-bond donors (Lipinski definition) is 0. The molecule has 1 heterocycles. The molecule has 0 unspecified atom stereocenters. The molecule has 1 heteroatoms. The average molecular weight is 615 g/mol. The van der Waals surface area contributed by atoms with Gasteiger partial charge in [-0.15, -0.1) is 0 Å². The summed E-state index contributed by atoms with van der Waals surface area (Å²) in [5, 5.41) is 12.3. The zero-order valence-electron chi connectivity index (χ0n) is 25.8. The minimum atomic E-state index is 1.04. The van der Waals surface area contributed by atoms with Crippen LogP contribution < -0.4 is 0 Å². The van der Waals surface area contributed by atoms with Gasteiger partial charge in [-0.3, -0.25) is 0 Å².